The van der Waals surface area contributed by atoms with Gasteiger partial charge in [0.1, 0.15) is 34.5 Å². The van der Waals surface area contributed by atoms with Gasteiger partial charge in [0, 0.05) is 34.1 Å². The second kappa shape index (κ2) is 16.0. The Morgan fingerprint density at radius 2 is 0.434 bits per heavy atom. The van der Waals surface area contributed by atoms with Crippen LogP contribution in [0.5, 0.6) is 34.5 Å². The highest BCUT2D eigenvalue weighted by Gasteiger charge is 2.15. The Balaban J connectivity index is 1.08. The van der Waals surface area contributed by atoms with Crippen molar-refractivity contribution in [3.63, 3.8) is 0 Å². The fraction of sp³-hybridized carbons (Fsp3) is 0.0870. The van der Waals surface area contributed by atoms with Gasteiger partial charge in [0.15, 0.2) is 0 Å². The first-order valence-corrected chi connectivity index (χ1v) is 17.2. The van der Waals surface area contributed by atoms with Crippen molar-refractivity contribution < 1.29 is 23.7 Å². The molecule has 0 radical (unpaired) electrons. The van der Waals surface area contributed by atoms with Crippen LogP contribution in [0, 0.1) is 0 Å². The molecule has 0 aliphatic rings. The van der Waals surface area contributed by atoms with Gasteiger partial charge in [-0.05, 0) is 157 Å². The summed E-state index contributed by atoms with van der Waals surface area (Å²) < 4.78 is 27.9. The average Bonchev–Trinajstić information content (AvgIpc) is 3.23. The van der Waals surface area contributed by atoms with Gasteiger partial charge < -0.3 is 33.5 Å². The lowest BCUT2D eigenvalue weighted by Crippen LogP contribution is -2.09. The largest absolute Gasteiger partial charge is 0.497 e. The molecule has 7 aromatic rings. The molecule has 0 aromatic heterocycles. The minimum atomic E-state index is 0.743. The first-order chi connectivity index (χ1) is 26.0. The normalized spacial score (nSPS) is 10.6. The van der Waals surface area contributed by atoms with Crippen molar-refractivity contribution in [1.82, 2.24) is 0 Å². The third-order valence-electron chi connectivity index (χ3n) is 8.97. The van der Waals surface area contributed by atoms with E-state index in [1.807, 2.05) is 97.1 Å². The summed E-state index contributed by atoms with van der Waals surface area (Å²) in [5, 5.41) is 0. The van der Waals surface area contributed by atoms with Gasteiger partial charge in [0.25, 0.3) is 0 Å². The van der Waals surface area contributed by atoms with Crippen molar-refractivity contribution in [2.24, 2.45) is 0 Å². The van der Waals surface area contributed by atoms with Crippen LogP contribution < -0.4 is 33.5 Å². The summed E-state index contributed by atoms with van der Waals surface area (Å²) in [6.07, 6.45) is 0. The summed E-state index contributed by atoms with van der Waals surface area (Å²) in [6.45, 7) is 0. The molecule has 7 rings (SSSR count). The first kappa shape index (κ1) is 34.6. The van der Waals surface area contributed by atoms with Gasteiger partial charge in [-0.25, -0.2) is 0 Å². The van der Waals surface area contributed by atoms with E-state index >= 15 is 0 Å². The van der Waals surface area contributed by atoms with Crippen LogP contribution in [0.25, 0.3) is 11.1 Å². The van der Waals surface area contributed by atoms with Gasteiger partial charge in [-0.15, -0.1) is 0 Å². The quantitative estimate of drug-likeness (QED) is 0.119. The summed E-state index contributed by atoms with van der Waals surface area (Å²) in [5.41, 5.74) is 8.26. The minimum absolute atomic E-state index is 0.743. The molecule has 0 aliphatic carbocycles. The molecular formula is C46H40N2O5. The van der Waals surface area contributed by atoms with Crippen LogP contribution in [0.4, 0.5) is 34.1 Å². The van der Waals surface area contributed by atoms with Gasteiger partial charge in [0.05, 0.1) is 28.4 Å². The lowest BCUT2D eigenvalue weighted by Gasteiger charge is -2.26. The van der Waals surface area contributed by atoms with E-state index in [9.17, 15) is 0 Å². The molecule has 0 atom stereocenters. The summed E-state index contributed by atoms with van der Waals surface area (Å²) >= 11 is 0. The minimum Gasteiger partial charge on any atom is -0.497 e. The highest BCUT2D eigenvalue weighted by molar-refractivity contribution is 5.79. The maximum absolute atomic E-state index is 6.28. The average molecular weight is 701 g/mol. The number of hydrogen-bond donors (Lipinski definition) is 0. The second-order valence-electron chi connectivity index (χ2n) is 12.1. The fourth-order valence-electron chi connectivity index (χ4n) is 6.14. The highest BCUT2D eigenvalue weighted by Crippen LogP contribution is 2.39. The SMILES string of the molecule is COc1ccc(N(c2ccc(OC)cc2)c2ccc(Oc3ccc(-c4ccc(N(c5ccc(OC)cc5)c5ccc(OC)cc5)cc4)cc3)cc2)cc1. The van der Waals surface area contributed by atoms with Crippen molar-refractivity contribution in [3.8, 4) is 45.6 Å². The number of rotatable bonds is 13. The molecule has 264 valence electrons. The van der Waals surface area contributed by atoms with Crippen LogP contribution >= 0.6 is 0 Å². The topological polar surface area (TPSA) is 52.6 Å². The summed E-state index contributed by atoms with van der Waals surface area (Å²) in [7, 11) is 6.69. The van der Waals surface area contributed by atoms with Crippen LogP contribution in [0.3, 0.4) is 0 Å². The molecule has 0 bridgehead atoms. The third-order valence-corrected chi connectivity index (χ3v) is 8.97. The zero-order valence-corrected chi connectivity index (χ0v) is 30.1. The van der Waals surface area contributed by atoms with E-state index in [4.69, 9.17) is 23.7 Å². The standard InChI is InChI=1S/C46H40N2O5/c1-49-41-23-11-36(12-24-41)47(37-13-25-42(50-2)26-14-37)35-9-5-33(6-10-35)34-7-21-45(22-8-34)53-46-31-19-40(20-32-46)48(38-15-27-43(51-3)28-16-38)39-17-29-44(52-4)30-18-39/h5-32H,1-4H3. The summed E-state index contributed by atoms with van der Waals surface area (Å²) in [6, 6.07) is 56.9. The molecule has 0 spiro atoms. The van der Waals surface area contributed by atoms with Crippen molar-refractivity contribution in [2.45, 2.75) is 0 Å². The van der Waals surface area contributed by atoms with E-state index in [1.54, 1.807) is 28.4 Å². The van der Waals surface area contributed by atoms with Gasteiger partial charge in [0.2, 0.25) is 0 Å². The number of methoxy groups -OCH3 is 4. The predicted molar refractivity (Wildman–Crippen MR) is 214 cm³/mol. The number of benzene rings is 7. The first-order valence-electron chi connectivity index (χ1n) is 17.2. The van der Waals surface area contributed by atoms with Gasteiger partial charge in [-0.3, -0.25) is 0 Å². The summed E-state index contributed by atoms with van der Waals surface area (Å²) in [4.78, 5) is 4.38. The number of hydrogen-bond acceptors (Lipinski definition) is 7. The molecule has 0 saturated carbocycles. The number of anilines is 6. The van der Waals surface area contributed by atoms with Gasteiger partial charge in [-0.2, -0.15) is 0 Å². The molecule has 0 amide bonds. The number of nitrogens with zero attached hydrogens (tertiary/aromatic N) is 2. The maximum Gasteiger partial charge on any atom is 0.127 e. The summed E-state index contributed by atoms with van der Waals surface area (Å²) in [5.74, 6) is 4.72. The Labute approximate surface area is 310 Å². The molecule has 0 fully saturated rings. The van der Waals surface area contributed by atoms with Crippen LogP contribution in [-0.2, 0) is 0 Å². The lowest BCUT2D eigenvalue weighted by molar-refractivity contribution is 0.414. The fourth-order valence-corrected chi connectivity index (χ4v) is 6.14. The molecule has 0 saturated heterocycles. The molecule has 0 aliphatic heterocycles. The highest BCUT2D eigenvalue weighted by atomic mass is 16.5. The maximum atomic E-state index is 6.28. The van der Waals surface area contributed by atoms with E-state index in [0.717, 1.165) is 79.7 Å². The molecular weight excluding hydrogens is 661 g/mol. The Kier molecular flexibility index (Phi) is 10.4. The van der Waals surface area contributed by atoms with E-state index < -0.39 is 0 Å². The van der Waals surface area contributed by atoms with Gasteiger partial charge in [-0.1, -0.05) is 24.3 Å². The van der Waals surface area contributed by atoms with Crippen molar-refractivity contribution in [3.05, 3.63) is 170 Å². The van der Waals surface area contributed by atoms with Crippen molar-refractivity contribution in [1.29, 1.82) is 0 Å². The smallest absolute Gasteiger partial charge is 0.127 e. The monoisotopic (exact) mass is 700 g/mol. The molecule has 0 N–H and O–H groups in total. The molecule has 53 heavy (non-hydrogen) atoms. The van der Waals surface area contributed by atoms with Crippen molar-refractivity contribution >= 4 is 34.1 Å². The van der Waals surface area contributed by atoms with E-state index in [1.165, 1.54) is 0 Å². The molecule has 0 heterocycles. The molecule has 7 aromatic carbocycles. The number of ether oxygens (including phenoxy) is 5. The lowest BCUT2D eigenvalue weighted by atomic mass is 10.0. The Morgan fingerprint density at radius 1 is 0.245 bits per heavy atom. The Morgan fingerprint density at radius 3 is 0.679 bits per heavy atom. The molecule has 7 heteroatoms. The van der Waals surface area contributed by atoms with E-state index in [0.29, 0.717) is 0 Å². The van der Waals surface area contributed by atoms with Crippen molar-refractivity contribution in [2.75, 3.05) is 38.2 Å². The van der Waals surface area contributed by atoms with Crippen LogP contribution in [0.15, 0.2) is 170 Å². The third kappa shape index (κ3) is 7.90. The zero-order valence-electron chi connectivity index (χ0n) is 30.1. The predicted octanol–water partition coefficient (Wildman–Crippen LogP) is 12.1. The van der Waals surface area contributed by atoms with Crippen LogP contribution in [0.1, 0.15) is 0 Å². The zero-order chi connectivity index (χ0) is 36.6. The second-order valence-corrected chi connectivity index (χ2v) is 12.1. The van der Waals surface area contributed by atoms with E-state index in [-0.39, 0.29) is 0 Å². The van der Waals surface area contributed by atoms with Crippen LogP contribution in [0.2, 0.25) is 0 Å². The van der Waals surface area contributed by atoms with E-state index in [2.05, 4.69) is 82.6 Å². The Bertz CT molecular complexity index is 2110. The van der Waals surface area contributed by atoms with Gasteiger partial charge >= 0.3 is 0 Å². The Hall–Kier alpha value is -6.86. The van der Waals surface area contributed by atoms with Crippen LogP contribution in [-0.4, -0.2) is 28.4 Å². The molecule has 7 nitrogen and oxygen atoms in total. The molecule has 0 unspecified atom stereocenters.